The molecule has 2 amide bonds. The van der Waals surface area contributed by atoms with Gasteiger partial charge in [-0.05, 0) is 47.7 Å². The van der Waals surface area contributed by atoms with Gasteiger partial charge in [0, 0.05) is 18.3 Å². The highest BCUT2D eigenvalue weighted by Crippen LogP contribution is 2.34. The van der Waals surface area contributed by atoms with Gasteiger partial charge in [-0.3, -0.25) is 19.6 Å². The number of nitrogens with one attached hydrogen (secondary N) is 2. The van der Waals surface area contributed by atoms with Gasteiger partial charge in [0.2, 0.25) is 5.91 Å². The van der Waals surface area contributed by atoms with Crippen molar-refractivity contribution < 1.29 is 9.59 Å². The smallest absolute Gasteiger partial charge is 0.286 e. The Hall–Kier alpha value is -3.23. The maximum absolute atomic E-state index is 12.4. The molecular formula is C22H18ClN5O2S. The summed E-state index contributed by atoms with van der Waals surface area (Å²) in [6.07, 6.45) is 5.03. The Kier molecular flexibility index (Phi) is 6.01. The zero-order valence-corrected chi connectivity index (χ0v) is 18.3. The molecule has 3 aromatic rings. The highest BCUT2D eigenvalue weighted by Gasteiger charge is 2.23. The molecule has 31 heavy (non-hydrogen) atoms. The minimum Gasteiger partial charge on any atom is -0.333 e. The van der Waals surface area contributed by atoms with Crippen molar-refractivity contribution in [2.45, 2.75) is 13.8 Å². The van der Waals surface area contributed by atoms with Crippen molar-refractivity contribution in [3.05, 3.63) is 64.3 Å². The standard InChI is InChI=1S/C22H18ClN5O2S/c1-12(2)20(29)26-15-4-3-5-16(19(15)23)27-22-28-21(30)18(31-22)11-13-6-7-14-17(10-13)25-9-8-24-14/h3-12H,1-2H3,(H,26,29)(H,27,28,30). The summed E-state index contributed by atoms with van der Waals surface area (Å²) in [5, 5.41) is 6.62. The van der Waals surface area contributed by atoms with E-state index in [0.717, 1.165) is 16.6 Å². The number of hydrogen-bond donors (Lipinski definition) is 2. The summed E-state index contributed by atoms with van der Waals surface area (Å²) in [6.45, 7) is 3.60. The van der Waals surface area contributed by atoms with Crippen molar-refractivity contribution in [2.75, 3.05) is 10.6 Å². The average molecular weight is 452 g/mol. The number of halogens is 1. The minimum absolute atomic E-state index is 0.132. The van der Waals surface area contributed by atoms with Crippen LogP contribution in [0.3, 0.4) is 0 Å². The first-order valence-corrected chi connectivity index (χ1v) is 10.7. The summed E-state index contributed by atoms with van der Waals surface area (Å²) in [7, 11) is 0. The summed E-state index contributed by atoms with van der Waals surface area (Å²) in [6, 6.07) is 10.8. The van der Waals surface area contributed by atoms with E-state index in [1.165, 1.54) is 11.8 Å². The Balaban J connectivity index is 1.51. The largest absolute Gasteiger partial charge is 0.333 e. The number of aliphatic imine (C=N–C) groups is 1. The number of aromatic nitrogens is 2. The highest BCUT2D eigenvalue weighted by molar-refractivity contribution is 8.18. The van der Waals surface area contributed by atoms with Crippen LogP contribution in [0.25, 0.3) is 17.1 Å². The maximum atomic E-state index is 12.4. The molecule has 7 nitrogen and oxygen atoms in total. The van der Waals surface area contributed by atoms with E-state index < -0.39 is 0 Å². The summed E-state index contributed by atoms with van der Waals surface area (Å²) in [4.78, 5) is 37.4. The number of hydrogen-bond acceptors (Lipinski definition) is 6. The fourth-order valence-corrected chi connectivity index (χ4v) is 3.85. The topological polar surface area (TPSA) is 96.3 Å². The van der Waals surface area contributed by atoms with Crippen LogP contribution in [0.5, 0.6) is 0 Å². The predicted octanol–water partition coefficient (Wildman–Crippen LogP) is 4.96. The van der Waals surface area contributed by atoms with E-state index in [4.69, 9.17) is 11.6 Å². The van der Waals surface area contributed by atoms with E-state index in [-0.39, 0.29) is 17.7 Å². The molecule has 0 unspecified atom stereocenters. The minimum atomic E-state index is -0.341. The molecule has 0 atom stereocenters. The molecule has 0 aliphatic carbocycles. The van der Waals surface area contributed by atoms with Gasteiger partial charge in [-0.2, -0.15) is 4.99 Å². The molecule has 156 valence electrons. The number of rotatable bonds is 4. The van der Waals surface area contributed by atoms with Gasteiger partial charge < -0.3 is 10.6 Å². The SMILES string of the molecule is CC(C)C(=O)Nc1cccc(NC2=NC(=O)C(=Cc3ccc4nccnc4c3)S2)c1Cl. The first kappa shape index (κ1) is 21.0. The molecule has 1 aliphatic rings. The lowest BCUT2D eigenvalue weighted by Crippen LogP contribution is -2.18. The van der Waals surface area contributed by atoms with Crippen LogP contribution in [-0.4, -0.2) is 26.9 Å². The fourth-order valence-electron chi connectivity index (χ4n) is 2.80. The molecule has 0 radical (unpaired) electrons. The second-order valence-corrected chi connectivity index (χ2v) is 8.48. The highest BCUT2D eigenvalue weighted by atomic mass is 35.5. The van der Waals surface area contributed by atoms with E-state index in [0.29, 0.717) is 26.5 Å². The van der Waals surface area contributed by atoms with Gasteiger partial charge in [0.25, 0.3) is 5.91 Å². The number of thioether (sulfide) groups is 1. The molecule has 1 aliphatic heterocycles. The number of anilines is 2. The van der Waals surface area contributed by atoms with Gasteiger partial charge in [-0.1, -0.05) is 37.6 Å². The van der Waals surface area contributed by atoms with Gasteiger partial charge in [-0.15, -0.1) is 0 Å². The molecule has 1 aromatic heterocycles. The first-order valence-electron chi connectivity index (χ1n) is 9.50. The van der Waals surface area contributed by atoms with Crippen LogP contribution in [0.1, 0.15) is 19.4 Å². The predicted molar refractivity (Wildman–Crippen MR) is 126 cm³/mol. The fraction of sp³-hybridized carbons (Fsp3) is 0.136. The number of amides is 2. The van der Waals surface area contributed by atoms with Crippen molar-refractivity contribution in [3.63, 3.8) is 0 Å². The van der Waals surface area contributed by atoms with Crippen LogP contribution >= 0.6 is 23.4 Å². The average Bonchev–Trinajstić information content (AvgIpc) is 3.09. The van der Waals surface area contributed by atoms with Crippen LogP contribution < -0.4 is 10.6 Å². The summed E-state index contributed by atoms with van der Waals surface area (Å²) in [5.41, 5.74) is 3.40. The Labute approximate surface area is 188 Å². The molecular weight excluding hydrogens is 434 g/mol. The zero-order valence-electron chi connectivity index (χ0n) is 16.7. The van der Waals surface area contributed by atoms with Gasteiger partial charge in [0.15, 0.2) is 5.17 Å². The van der Waals surface area contributed by atoms with E-state index in [1.807, 2.05) is 18.2 Å². The monoisotopic (exact) mass is 451 g/mol. The molecule has 0 saturated heterocycles. The number of carbonyl (C=O) groups is 2. The van der Waals surface area contributed by atoms with Crippen LogP contribution in [0.15, 0.2) is 58.7 Å². The van der Waals surface area contributed by atoms with Crippen molar-refractivity contribution in [2.24, 2.45) is 10.9 Å². The Morgan fingerprint density at radius 3 is 2.61 bits per heavy atom. The van der Waals surface area contributed by atoms with Crippen molar-refractivity contribution in [1.82, 2.24) is 9.97 Å². The van der Waals surface area contributed by atoms with E-state index >= 15 is 0 Å². The Bertz CT molecular complexity index is 1260. The van der Waals surface area contributed by atoms with E-state index in [2.05, 4.69) is 25.6 Å². The molecule has 9 heteroatoms. The van der Waals surface area contributed by atoms with Gasteiger partial charge in [0.1, 0.15) is 0 Å². The lowest BCUT2D eigenvalue weighted by atomic mass is 10.2. The van der Waals surface area contributed by atoms with Crippen molar-refractivity contribution >= 4 is 68.8 Å². The third-order valence-corrected chi connectivity index (χ3v) is 5.74. The lowest BCUT2D eigenvalue weighted by Gasteiger charge is -2.13. The quantitative estimate of drug-likeness (QED) is 0.544. The molecule has 0 spiro atoms. The normalized spacial score (nSPS) is 14.9. The van der Waals surface area contributed by atoms with Crippen molar-refractivity contribution in [1.29, 1.82) is 0 Å². The third kappa shape index (κ3) is 4.76. The number of nitrogens with zero attached hydrogens (tertiary/aromatic N) is 3. The number of fused-ring (bicyclic) bond motifs is 1. The van der Waals surface area contributed by atoms with Crippen LogP contribution in [-0.2, 0) is 9.59 Å². The van der Waals surface area contributed by atoms with Crippen LogP contribution in [0.2, 0.25) is 5.02 Å². The Morgan fingerprint density at radius 1 is 1.10 bits per heavy atom. The van der Waals surface area contributed by atoms with Crippen molar-refractivity contribution in [3.8, 4) is 0 Å². The summed E-state index contributed by atoms with van der Waals surface area (Å²) < 4.78 is 0. The second-order valence-electron chi connectivity index (χ2n) is 7.07. The molecule has 2 N–H and O–H groups in total. The lowest BCUT2D eigenvalue weighted by molar-refractivity contribution is -0.119. The third-order valence-electron chi connectivity index (χ3n) is 4.43. The van der Waals surface area contributed by atoms with Gasteiger partial charge in [0.05, 0.1) is 32.3 Å². The molecule has 2 aromatic carbocycles. The molecule has 0 bridgehead atoms. The van der Waals surface area contributed by atoms with Crippen LogP contribution in [0.4, 0.5) is 11.4 Å². The number of carbonyl (C=O) groups excluding carboxylic acids is 2. The van der Waals surface area contributed by atoms with Gasteiger partial charge >= 0.3 is 0 Å². The molecule has 0 saturated carbocycles. The molecule has 0 fully saturated rings. The number of benzene rings is 2. The molecule has 2 heterocycles. The summed E-state index contributed by atoms with van der Waals surface area (Å²) in [5.74, 6) is -0.645. The first-order chi connectivity index (χ1) is 14.9. The maximum Gasteiger partial charge on any atom is 0.286 e. The Morgan fingerprint density at radius 2 is 1.84 bits per heavy atom. The van der Waals surface area contributed by atoms with E-state index in [9.17, 15) is 9.59 Å². The number of amidine groups is 1. The van der Waals surface area contributed by atoms with E-state index in [1.54, 1.807) is 50.5 Å². The summed E-state index contributed by atoms with van der Waals surface area (Å²) >= 11 is 7.66. The van der Waals surface area contributed by atoms with Crippen LogP contribution in [0, 0.1) is 5.92 Å². The second kappa shape index (κ2) is 8.87. The van der Waals surface area contributed by atoms with Gasteiger partial charge in [-0.25, -0.2) is 0 Å². The molecule has 4 rings (SSSR count). The zero-order chi connectivity index (χ0) is 22.0.